The van der Waals surface area contributed by atoms with Crippen molar-refractivity contribution in [1.29, 1.82) is 5.26 Å². The van der Waals surface area contributed by atoms with Crippen LogP contribution < -0.4 is 10.2 Å². The van der Waals surface area contributed by atoms with Crippen LogP contribution in [0.3, 0.4) is 0 Å². The molecule has 2 aliphatic heterocycles. The monoisotopic (exact) mass is 527 g/mol. The van der Waals surface area contributed by atoms with E-state index in [1.54, 1.807) is 37.8 Å². The van der Waals surface area contributed by atoms with Gasteiger partial charge in [0.1, 0.15) is 23.5 Å². The first kappa shape index (κ1) is 28.2. The number of carbonyl (C=O) groups is 2. The Morgan fingerprint density at radius 1 is 1.26 bits per heavy atom. The van der Waals surface area contributed by atoms with Crippen molar-refractivity contribution < 1.29 is 18.7 Å². The van der Waals surface area contributed by atoms with Gasteiger partial charge in [-0.15, -0.1) is 0 Å². The summed E-state index contributed by atoms with van der Waals surface area (Å²) in [5.41, 5.74) is 0.571. The Hall–Kier alpha value is -2.86. The van der Waals surface area contributed by atoms with E-state index in [-0.39, 0.29) is 30.1 Å². The van der Waals surface area contributed by atoms with Gasteiger partial charge in [-0.1, -0.05) is 6.07 Å². The molecule has 1 aromatic rings. The van der Waals surface area contributed by atoms with E-state index < -0.39 is 23.8 Å². The van der Waals surface area contributed by atoms with Gasteiger partial charge in [0.05, 0.1) is 6.07 Å². The van der Waals surface area contributed by atoms with Crippen molar-refractivity contribution in [3.8, 4) is 6.07 Å². The number of carbonyl (C=O) groups excluding carboxylic acids is 2. The van der Waals surface area contributed by atoms with Gasteiger partial charge in [0, 0.05) is 37.8 Å². The maximum atomic E-state index is 15.2. The van der Waals surface area contributed by atoms with Gasteiger partial charge in [-0.25, -0.2) is 9.18 Å². The summed E-state index contributed by atoms with van der Waals surface area (Å²) in [6, 6.07) is 5.70. The van der Waals surface area contributed by atoms with Crippen LogP contribution >= 0.6 is 0 Å². The number of ether oxygens (including phenoxy) is 1. The molecule has 1 aliphatic carbocycles. The number of amides is 2. The summed E-state index contributed by atoms with van der Waals surface area (Å²) in [6.07, 6.45) is 4.29. The lowest BCUT2D eigenvalue weighted by atomic mass is 9.96. The molecule has 3 aliphatic rings. The average Bonchev–Trinajstić information content (AvgIpc) is 3.45. The molecule has 5 atom stereocenters. The molecule has 3 fully saturated rings. The number of likely N-dealkylation sites (tertiary alicyclic amines) is 1. The number of nitrogens with one attached hydrogen (secondary N) is 1. The van der Waals surface area contributed by atoms with Gasteiger partial charge in [-0.05, 0) is 96.5 Å². The van der Waals surface area contributed by atoms with E-state index in [9.17, 15) is 14.9 Å². The van der Waals surface area contributed by atoms with Crippen LogP contribution in [0.25, 0.3) is 0 Å². The fourth-order valence-electron chi connectivity index (χ4n) is 6.37. The molecule has 9 heteroatoms. The highest BCUT2D eigenvalue weighted by Crippen LogP contribution is 2.43. The van der Waals surface area contributed by atoms with E-state index in [1.807, 2.05) is 6.07 Å². The molecule has 38 heavy (non-hydrogen) atoms. The lowest BCUT2D eigenvalue weighted by Gasteiger charge is -2.36. The third-order valence-corrected chi connectivity index (χ3v) is 7.90. The third kappa shape index (κ3) is 6.58. The van der Waals surface area contributed by atoms with Crippen LogP contribution in [-0.4, -0.2) is 79.3 Å². The Kier molecular flexibility index (Phi) is 8.51. The van der Waals surface area contributed by atoms with Crippen LogP contribution in [0, 0.1) is 29.0 Å². The smallest absolute Gasteiger partial charge is 0.411 e. The molecule has 2 heterocycles. The molecule has 1 unspecified atom stereocenters. The molecule has 2 bridgehead atoms. The summed E-state index contributed by atoms with van der Waals surface area (Å²) < 4.78 is 20.7. The standard InChI is InChI=1S/C29H42FN5O3/c1-29(2,3)38-28(37)35-24-11-9-21(14-24)26(35)27(36)32-22(16-31)13-20-8-10-23(15-25(20)30)34-12-6-7-19(18-34)17-33(4)5/h8,10,15,19,21-22,24,26H,6-7,9,11-14,17-18H2,1-5H3,(H,32,36)/t19?,21-,22-,24+,26-/m0/s1. The van der Waals surface area contributed by atoms with Crippen molar-refractivity contribution in [1.82, 2.24) is 15.1 Å². The van der Waals surface area contributed by atoms with Crippen molar-refractivity contribution in [2.45, 2.75) is 83.0 Å². The zero-order valence-corrected chi connectivity index (χ0v) is 23.4. The summed E-state index contributed by atoms with van der Waals surface area (Å²) in [5.74, 6) is -0.150. The molecule has 1 aromatic carbocycles. The number of halogens is 1. The highest BCUT2D eigenvalue weighted by Gasteiger charge is 2.52. The Balaban J connectivity index is 1.40. The highest BCUT2D eigenvalue weighted by atomic mass is 19.1. The maximum Gasteiger partial charge on any atom is 0.411 e. The summed E-state index contributed by atoms with van der Waals surface area (Å²) in [6.45, 7) is 8.20. The number of benzene rings is 1. The predicted molar refractivity (Wildman–Crippen MR) is 144 cm³/mol. The lowest BCUT2D eigenvalue weighted by molar-refractivity contribution is -0.128. The zero-order chi connectivity index (χ0) is 27.6. The largest absolute Gasteiger partial charge is 0.444 e. The fourth-order valence-corrected chi connectivity index (χ4v) is 6.37. The van der Waals surface area contributed by atoms with Crippen molar-refractivity contribution in [3.05, 3.63) is 29.6 Å². The Morgan fingerprint density at radius 3 is 2.68 bits per heavy atom. The molecule has 1 N–H and O–H groups in total. The Labute approximate surface area is 226 Å². The minimum Gasteiger partial charge on any atom is -0.444 e. The molecule has 0 radical (unpaired) electrons. The predicted octanol–water partition coefficient (Wildman–Crippen LogP) is 3.94. The topological polar surface area (TPSA) is 88.9 Å². The van der Waals surface area contributed by atoms with Gasteiger partial charge in [-0.3, -0.25) is 9.69 Å². The molecule has 0 aromatic heterocycles. The Morgan fingerprint density at radius 2 is 2.03 bits per heavy atom. The van der Waals surface area contributed by atoms with Gasteiger partial charge < -0.3 is 19.9 Å². The number of hydrogen-bond acceptors (Lipinski definition) is 6. The minimum absolute atomic E-state index is 0.0248. The van der Waals surface area contributed by atoms with Crippen LogP contribution in [0.5, 0.6) is 0 Å². The van der Waals surface area contributed by atoms with E-state index in [0.29, 0.717) is 11.5 Å². The summed E-state index contributed by atoms with van der Waals surface area (Å²) in [4.78, 5) is 32.2. The van der Waals surface area contributed by atoms with Crippen molar-refractivity contribution >= 4 is 17.7 Å². The maximum absolute atomic E-state index is 15.2. The molecular weight excluding hydrogens is 485 g/mol. The quantitative estimate of drug-likeness (QED) is 0.578. The van der Waals surface area contributed by atoms with E-state index in [4.69, 9.17) is 4.74 Å². The van der Waals surface area contributed by atoms with Crippen molar-refractivity contribution in [3.63, 3.8) is 0 Å². The van der Waals surface area contributed by atoms with Gasteiger partial charge in [-0.2, -0.15) is 5.26 Å². The molecular formula is C29H42FN5O3. The summed E-state index contributed by atoms with van der Waals surface area (Å²) >= 11 is 0. The molecule has 2 amide bonds. The second kappa shape index (κ2) is 11.5. The summed E-state index contributed by atoms with van der Waals surface area (Å²) in [5, 5.41) is 12.6. The van der Waals surface area contributed by atoms with Gasteiger partial charge in [0.25, 0.3) is 0 Å². The number of rotatable bonds is 7. The number of nitrogens with zero attached hydrogens (tertiary/aromatic N) is 4. The van der Waals surface area contributed by atoms with Crippen LogP contribution in [0.15, 0.2) is 18.2 Å². The molecule has 4 rings (SSSR count). The van der Waals surface area contributed by atoms with Crippen LogP contribution in [-0.2, 0) is 16.0 Å². The number of fused-ring (bicyclic) bond motifs is 2. The lowest BCUT2D eigenvalue weighted by Crippen LogP contribution is -2.55. The first-order valence-electron chi connectivity index (χ1n) is 13.8. The van der Waals surface area contributed by atoms with Crippen molar-refractivity contribution in [2.75, 3.05) is 38.6 Å². The molecule has 1 saturated carbocycles. The molecule has 2 saturated heterocycles. The summed E-state index contributed by atoms with van der Waals surface area (Å²) in [7, 11) is 4.15. The normalized spacial score (nSPS) is 25.8. The first-order chi connectivity index (χ1) is 17.9. The van der Waals surface area contributed by atoms with E-state index in [0.717, 1.165) is 51.0 Å². The minimum atomic E-state index is -0.901. The van der Waals surface area contributed by atoms with Crippen LogP contribution in [0.2, 0.25) is 0 Å². The van der Waals surface area contributed by atoms with Gasteiger partial charge in [0.15, 0.2) is 0 Å². The van der Waals surface area contributed by atoms with E-state index in [2.05, 4.69) is 35.3 Å². The van der Waals surface area contributed by atoms with E-state index >= 15 is 4.39 Å². The average molecular weight is 528 g/mol. The first-order valence-corrected chi connectivity index (χ1v) is 13.8. The second-order valence-corrected chi connectivity index (χ2v) is 12.4. The number of nitriles is 1. The van der Waals surface area contributed by atoms with Crippen LogP contribution in [0.1, 0.15) is 58.4 Å². The Bertz CT molecular complexity index is 1070. The number of anilines is 1. The van der Waals surface area contributed by atoms with Gasteiger partial charge in [0.2, 0.25) is 5.91 Å². The highest BCUT2D eigenvalue weighted by molar-refractivity contribution is 5.87. The molecule has 208 valence electrons. The number of piperidine rings is 2. The number of hydrogen-bond donors (Lipinski definition) is 1. The third-order valence-electron chi connectivity index (χ3n) is 7.90. The second-order valence-electron chi connectivity index (χ2n) is 12.4. The molecule has 8 nitrogen and oxygen atoms in total. The van der Waals surface area contributed by atoms with E-state index in [1.165, 1.54) is 6.42 Å². The van der Waals surface area contributed by atoms with Crippen molar-refractivity contribution in [2.24, 2.45) is 11.8 Å². The zero-order valence-electron chi connectivity index (χ0n) is 23.4. The molecule has 0 spiro atoms. The van der Waals surface area contributed by atoms with Gasteiger partial charge >= 0.3 is 6.09 Å². The van der Waals surface area contributed by atoms with Crippen LogP contribution in [0.4, 0.5) is 14.9 Å². The fraction of sp³-hybridized carbons (Fsp3) is 0.690. The SMILES string of the molecule is CN(C)CC1CCCN(c2ccc(C[C@@H](C#N)NC(=O)[C@@H]3[C@H]4CC[C@H](C4)N3C(=O)OC(C)(C)C)c(F)c2)C1.